The zero-order valence-corrected chi connectivity index (χ0v) is 15.4. The Morgan fingerprint density at radius 1 is 0.962 bits per heavy atom. The number of nitrogens with one attached hydrogen (secondary N) is 2. The maximum absolute atomic E-state index is 12.7. The van der Waals surface area contributed by atoms with Gasteiger partial charge in [0, 0.05) is 18.1 Å². The minimum Gasteiger partial charge on any atom is -0.354 e. The van der Waals surface area contributed by atoms with Crippen LogP contribution in [-0.2, 0) is 21.4 Å². The first kappa shape index (κ1) is 18.5. The van der Waals surface area contributed by atoms with E-state index in [2.05, 4.69) is 10.6 Å². The summed E-state index contributed by atoms with van der Waals surface area (Å²) in [6.45, 7) is 0.838. The van der Waals surface area contributed by atoms with Crippen molar-refractivity contribution in [1.82, 2.24) is 10.6 Å². The zero-order chi connectivity index (χ0) is 18.4. The van der Waals surface area contributed by atoms with E-state index in [1.165, 1.54) is 0 Å². The topological polar surface area (TPSA) is 58.2 Å². The third-order valence-corrected chi connectivity index (χ3v) is 5.19. The van der Waals surface area contributed by atoms with Crippen LogP contribution in [0.25, 0.3) is 0 Å². The molecule has 0 heterocycles. The van der Waals surface area contributed by atoms with Crippen LogP contribution in [0, 0.1) is 0 Å². The SMILES string of the molecule is O=C(Cc1ccccc1)NCCNC(=O)C1(c2cccc(Cl)c2)CCC1. The highest BCUT2D eigenvalue weighted by atomic mass is 35.5. The van der Waals surface area contributed by atoms with E-state index in [9.17, 15) is 9.59 Å². The number of hydrogen-bond donors (Lipinski definition) is 2. The van der Waals surface area contributed by atoms with Crippen LogP contribution in [0.5, 0.6) is 0 Å². The Morgan fingerprint density at radius 2 is 1.69 bits per heavy atom. The average molecular weight is 371 g/mol. The van der Waals surface area contributed by atoms with E-state index in [0.717, 1.165) is 30.4 Å². The van der Waals surface area contributed by atoms with Crippen LogP contribution in [0.4, 0.5) is 0 Å². The van der Waals surface area contributed by atoms with Crippen LogP contribution in [0.2, 0.25) is 5.02 Å². The summed E-state index contributed by atoms with van der Waals surface area (Å²) in [5.74, 6) is -0.0260. The molecule has 0 saturated heterocycles. The molecule has 0 aromatic heterocycles. The Balaban J connectivity index is 1.47. The summed E-state index contributed by atoms with van der Waals surface area (Å²) in [5, 5.41) is 6.46. The van der Waals surface area contributed by atoms with Gasteiger partial charge in [-0.2, -0.15) is 0 Å². The average Bonchev–Trinajstić information content (AvgIpc) is 2.59. The van der Waals surface area contributed by atoms with E-state index in [4.69, 9.17) is 11.6 Å². The van der Waals surface area contributed by atoms with Crippen molar-refractivity contribution in [3.63, 3.8) is 0 Å². The number of carbonyl (C=O) groups excluding carboxylic acids is 2. The molecule has 0 atom stereocenters. The van der Waals surface area contributed by atoms with Crippen molar-refractivity contribution in [3.05, 3.63) is 70.7 Å². The maximum atomic E-state index is 12.7. The molecule has 1 fully saturated rings. The van der Waals surface area contributed by atoms with E-state index < -0.39 is 5.41 Å². The van der Waals surface area contributed by atoms with Gasteiger partial charge in [-0.15, -0.1) is 0 Å². The first-order valence-corrected chi connectivity index (χ1v) is 9.33. The van der Waals surface area contributed by atoms with Crippen molar-refractivity contribution in [1.29, 1.82) is 0 Å². The summed E-state index contributed by atoms with van der Waals surface area (Å²) in [5.41, 5.74) is 1.48. The van der Waals surface area contributed by atoms with E-state index in [1.54, 1.807) is 0 Å². The smallest absolute Gasteiger partial charge is 0.230 e. The van der Waals surface area contributed by atoms with Crippen molar-refractivity contribution in [2.45, 2.75) is 31.1 Å². The highest BCUT2D eigenvalue weighted by molar-refractivity contribution is 6.30. The summed E-state index contributed by atoms with van der Waals surface area (Å²) in [6.07, 6.45) is 3.05. The number of amides is 2. The summed E-state index contributed by atoms with van der Waals surface area (Å²) >= 11 is 6.09. The molecule has 1 saturated carbocycles. The standard InChI is InChI=1S/C21H23ClN2O2/c22-18-9-4-8-17(15-18)21(10-5-11-21)20(26)24-13-12-23-19(25)14-16-6-2-1-3-7-16/h1-4,6-9,15H,5,10-14H2,(H,23,25)(H,24,26). The molecular weight excluding hydrogens is 348 g/mol. The van der Waals surface area contributed by atoms with Crippen molar-refractivity contribution in [2.75, 3.05) is 13.1 Å². The zero-order valence-electron chi connectivity index (χ0n) is 14.6. The number of benzene rings is 2. The fourth-order valence-electron chi connectivity index (χ4n) is 3.35. The molecule has 0 radical (unpaired) electrons. The molecule has 2 amide bonds. The maximum Gasteiger partial charge on any atom is 0.230 e. The predicted molar refractivity (Wildman–Crippen MR) is 103 cm³/mol. The van der Waals surface area contributed by atoms with Gasteiger partial charge in [0.1, 0.15) is 0 Å². The van der Waals surface area contributed by atoms with Gasteiger partial charge in [0.2, 0.25) is 11.8 Å². The molecular formula is C21H23ClN2O2. The van der Waals surface area contributed by atoms with Gasteiger partial charge >= 0.3 is 0 Å². The van der Waals surface area contributed by atoms with Crippen molar-refractivity contribution >= 4 is 23.4 Å². The Labute approximate surface area is 158 Å². The van der Waals surface area contributed by atoms with Crippen LogP contribution >= 0.6 is 11.6 Å². The van der Waals surface area contributed by atoms with Crippen LogP contribution in [0.1, 0.15) is 30.4 Å². The van der Waals surface area contributed by atoms with Gasteiger partial charge in [-0.3, -0.25) is 9.59 Å². The summed E-state index contributed by atoms with van der Waals surface area (Å²) in [7, 11) is 0. The summed E-state index contributed by atoms with van der Waals surface area (Å²) < 4.78 is 0. The van der Waals surface area contributed by atoms with Crippen molar-refractivity contribution in [2.24, 2.45) is 0 Å². The normalized spacial score (nSPS) is 15.0. The van der Waals surface area contributed by atoms with Crippen LogP contribution < -0.4 is 10.6 Å². The fraction of sp³-hybridized carbons (Fsp3) is 0.333. The molecule has 1 aliphatic rings. The lowest BCUT2D eigenvalue weighted by molar-refractivity contribution is -0.130. The Hall–Kier alpha value is -2.33. The predicted octanol–water partition coefficient (Wildman–Crippen LogP) is 3.24. The Kier molecular flexibility index (Phi) is 5.94. The van der Waals surface area contributed by atoms with Crippen LogP contribution in [-0.4, -0.2) is 24.9 Å². The number of rotatable bonds is 7. The molecule has 2 aromatic rings. The molecule has 0 aliphatic heterocycles. The van der Waals surface area contributed by atoms with E-state index in [1.807, 2.05) is 54.6 Å². The molecule has 0 bridgehead atoms. The lowest BCUT2D eigenvalue weighted by Crippen LogP contribution is -2.50. The number of hydrogen-bond acceptors (Lipinski definition) is 2. The molecule has 26 heavy (non-hydrogen) atoms. The van der Waals surface area contributed by atoms with Gasteiger partial charge in [-0.1, -0.05) is 60.5 Å². The molecule has 136 valence electrons. The van der Waals surface area contributed by atoms with Gasteiger partial charge in [0.15, 0.2) is 0 Å². The first-order chi connectivity index (χ1) is 12.6. The largest absolute Gasteiger partial charge is 0.354 e. The summed E-state index contributed by atoms with van der Waals surface area (Å²) in [6, 6.07) is 17.1. The first-order valence-electron chi connectivity index (χ1n) is 8.95. The van der Waals surface area contributed by atoms with E-state index >= 15 is 0 Å². The second-order valence-corrected chi connectivity index (χ2v) is 7.15. The highest BCUT2D eigenvalue weighted by Crippen LogP contribution is 2.44. The second kappa shape index (κ2) is 8.37. The minimum atomic E-state index is -0.473. The fourth-order valence-corrected chi connectivity index (χ4v) is 3.54. The highest BCUT2D eigenvalue weighted by Gasteiger charge is 2.45. The van der Waals surface area contributed by atoms with Gasteiger partial charge in [-0.25, -0.2) is 0 Å². The van der Waals surface area contributed by atoms with E-state index in [-0.39, 0.29) is 11.8 Å². The molecule has 4 nitrogen and oxygen atoms in total. The molecule has 0 spiro atoms. The Bertz CT molecular complexity index is 773. The monoisotopic (exact) mass is 370 g/mol. The van der Waals surface area contributed by atoms with Gasteiger partial charge in [-0.05, 0) is 36.1 Å². The molecule has 2 aromatic carbocycles. The van der Waals surface area contributed by atoms with Crippen LogP contribution in [0.3, 0.4) is 0 Å². The second-order valence-electron chi connectivity index (χ2n) is 6.71. The number of halogens is 1. The Morgan fingerprint density at radius 3 is 2.35 bits per heavy atom. The molecule has 3 rings (SSSR count). The van der Waals surface area contributed by atoms with Gasteiger partial charge < -0.3 is 10.6 Å². The molecule has 5 heteroatoms. The lowest BCUT2D eigenvalue weighted by Gasteiger charge is -2.40. The van der Waals surface area contributed by atoms with Crippen molar-refractivity contribution < 1.29 is 9.59 Å². The molecule has 0 unspecified atom stereocenters. The number of carbonyl (C=O) groups is 2. The minimum absolute atomic E-state index is 0.0170. The van der Waals surface area contributed by atoms with E-state index in [0.29, 0.717) is 24.5 Å². The third-order valence-electron chi connectivity index (χ3n) is 4.96. The van der Waals surface area contributed by atoms with Gasteiger partial charge in [0.25, 0.3) is 0 Å². The van der Waals surface area contributed by atoms with Crippen LogP contribution in [0.15, 0.2) is 54.6 Å². The third kappa shape index (κ3) is 4.25. The lowest BCUT2D eigenvalue weighted by atomic mass is 9.64. The quantitative estimate of drug-likeness (QED) is 0.735. The molecule has 2 N–H and O–H groups in total. The summed E-state index contributed by atoms with van der Waals surface area (Å²) in [4.78, 5) is 24.7. The molecule has 1 aliphatic carbocycles. The van der Waals surface area contributed by atoms with Gasteiger partial charge in [0.05, 0.1) is 11.8 Å². The van der Waals surface area contributed by atoms with Crippen molar-refractivity contribution in [3.8, 4) is 0 Å².